The van der Waals surface area contributed by atoms with Gasteiger partial charge in [0.05, 0.1) is 69.1 Å². The first-order chi connectivity index (χ1) is 25.2. The second-order valence-electron chi connectivity index (χ2n) is 15.0. The standard InChI is InChI=1S/C42H72N4O6/c1-8-9-10-11-12-13-14-15-16-17-18-19-20-21-26-40(42-44-39-25-23-22-24-38(39)41-43-37(7)45-46(41)42)52-31-36(6)51-30-35(5)50-29-34(4)49-28-33(3)48-27-32(2)47/h22-25,32-36,40,47H,8-21,26-31H2,1-7H3. The number of unbranched alkanes of at least 4 members (excludes halogenated alkanes) is 13. The fraction of sp³-hybridized carbons (Fsp3) is 0.786. The number of rotatable bonds is 31. The van der Waals surface area contributed by atoms with E-state index < -0.39 is 6.10 Å². The Morgan fingerprint density at radius 1 is 0.596 bits per heavy atom. The highest BCUT2D eigenvalue weighted by Crippen LogP contribution is 2.28. The quantitative estimate of drug-likeness (QED) is 0.0648. The van der Waals surface area contributed by atoms with E-state index in [-0.39, 0.29) is 30.5 Å². The van der Waals surface area contributed by atoms with Gasteiger partial charge in [0.1, 0.15) is 11.9 Å². The Bertz CT molecular complexity index is 1350. The van der Waals surface area contributed by atoms with Crippen molar-refractivity contribution in [2.45, 2.75) is 181 Å². The number of aromatic nitrogens is 4. The zero-order chi connectivity index (χ0) is 37.6. The molecule has 0 aliphatic rings. The Balaban J connectivity index is 1.46. The molecule has 2 heterocycles. The Morgan fingerprint density at radius 2 is 1.06 bits per heavy atom. The first-order valence-electron chi connectivity index (χ1n) is 20.6. The van der Waals surface area contributed by atoms with Crippen LogP contribution in [-0.4, -0.2) is 88.2 Å². The molecule has 0 radical (unpaired) electrons. The lowest BCUT2D eigenvalue weighted by molar-refractivity contribution is -0.100. The molecular weight excluding hydrogens is 656 g/mol. The molecule has 0 aliphatic carbocycles. The van der Waals surface area contributed by atoms with Crippen molar-refractivity contribution in [2.24, 2.45) is 0 Å². The van der Waals surface area contributed by atoms with Gasteiger partial charge in [-0.05, 0) is 60.1 Å². The topological polar surface area (TPSA) is 109 Å². The molecule has 3 aromatic rings. The first-order valence-corrected chi connectivity index (χ1v) is 20.6. The van der Waals surface area contributed by atoms with E-state index >= 15 is 0 Å². The minimum Gasteiger partial charge on any atom is -0.391 e. The molecule has 1 N–H and O–H groups in total. The molecule has 6 unspecified atom stereocenters. The fourth-order valence-corrected chi connectivity index (χ4v) is 6.35. The van der Waals surface area contributed by atoms with E-state index in [1.165, 1.54) is 83.5 Å². The Morgan fingerprint density at radius 3 is 1.58 bits per heavy atom. The smallest absolute Gasteiger partial charge is 0.167 e. The average molecular weight is 729 g/mol. The highest BCUT2D eigenvalue weighted by atomic mass is 16.6. The second kappa shape index (κ2) is 25.7. The highest BCUT2D eigenvalue weighted by Gasteiger charge is 2.22. The number of hydrogen-bond acceptors (Lipinski definition) is 9. The van der Waals surface area contributed by atoms with Crippen molar-refractivity contribution in [1.82, 2.24) is 19.6 Å². The van der Waals surface area contributed by atoms with Crippen LogP contribution >= 0.6 is 0 Å². The SMILES string of the molecule is CCCCCCCCCCCCCCCCC(OCC(C)OCC(C)OCC(C)OCC(C)OCC(C)O)c1nc2ccccc2c2nc(C)nn12. The Hall–Kier alpha value is -2.21. The number of hydrogen-bond donors (Lipinski definition) is 1. The second-order valence-corrected chi connectivity index (χ2v) is 15.0. The zero-order valence-corrected chi connectivity index (χ0v) is 33.7. The van der Waals surface area contributed by atoms with E-state index in [2.05, 4.69) is 13.0 Å². The molecule has 6 atom stereocenters. The van der Waals surface area contributed by atoms with Gasteiger partial charge in [-0.1, -0.05) is 109 Å². The molecule has 0 saturated carbocycles. The molecule has 0 spiro atoms. The van der Waals surface area contributed by atoms with Crippen molar-refractivity contribution in [1.29, 1.82) is 0 Å². The van der Waals surface area contributed by atoms with E-state index in [1.54, 1.807) is 6.92 Å². The summed E-state index contributed by atoms with van der Waals surface area (Å²) >= 11 is 0. The first kappa shape index (κ1) is 44.2. The number of para-hydroxylation sites is 1. The zero-order valence-electron chi connectivity index (χ0n) is 33.7. The van der Waals surface area contributed by atoms with Gasteiger partial charge in [0, 0.05) is 5.39 Å². The molecule has 3 rings (SSSR count). The molecular formula is C42H72N4O6. The van der Waals surface area contributed by atoms with Crippen molar-refractivity contribution in [3.8, 4) is 0 Å². The Kier molecular flexibility index (Phi) is 21.9. The van der Waals surface area contributed by atoms with Crippen molar-refractivity contribution < 1.29 is 28.8 Å². The summed E-state index contributed by atoms with van der Waals surface area (Å²) < 4.78 is 32.1. The number of nitrogens with zero attached hydrogens (tertiary/aromatic N) is 4. The molecule has 0 fully saturated rings. The van der Waals surface area contributed by atoms with E-state index in [0.29, 0.717) is 33.0 Å². The summed E-state index contributed by atoms with van der Waals surface area (Å²) in [5.74, 6) is 1.52. The molecule has 0 amide bonds. The van der Waals surface area contributed by atoms with E-state index in [0.717, 1.165) is 41.0 Å². The van der Waals surface area contributed by atoms with Crippen LogP contribution in [0.1, 0.15) is 156 Å². The van der Waals surface area contributed by atoms with Crippen LogP contribution in [0.5, 0.6) is 0 Å². The minimum atomic E-state index is -0.485. The van der Waals surface area contributed by atoms with E-state index in [4.69, 9.17) is 38.8 Å². The fourth-order valence-electron chi connectivity index (χ4n) is 6.35. The summed E-state index contributed by atoms with van der Waals surface area (Å²) in [6, 6.07) is 8.13. The summed E-state index contributed by atoms with van der Waals surface area (Å²) in [5.41, 5.74) is 1.73. The van der Waals surface area contributed by atoms with Crippen LogP contribution in [0.4, 0.5) is 0 Å². The molecule has 52 heavy (non-hydrogen) atoms. The van der Waals surface area contributed by atoms with Crippen LogP contribution in [0.2, 0.25) is 0 Å². The van der Waals surface area contributed by atoms with Gasteiger partial charge < -0.3 is 28.8 Å². The molecule has 10 heteroatoms. The van der Waals surface area contributed by atoms with E-state index in [1.807, 2.05) is 57.3 Å². The van der Waals surface area contributed by atoms with E-state index in [9.17, 15) is 5.11 Å². The molecule has 0 aliphatic heterocycles. The van der Waals surface area contributed by atoms with Gasteiger partial charge in [-0.2, -0.15) is 4.52 Å². The van der Waals surface area contributed by atoms with Gasteiger partial charge >= 0.3 is 0 Å². The van der Waals surface area contributed by atoms with Crippen molar-refractivity contribution in [2.75, 3.05) is 33.0 Å². The number of ether oxygens (including phenoxy) is 5. The monoisotopic (exact) mass is 729 g/mol. The highest BCUT2D eigenvalue weighted by molar-refractivity contribution is 5.91. The predicted molar refractivity (Wildman–Crippen MR) is 210 cm³/mol. The molecule has 296 valence electrons. The number of aryl methyl sites for hydroxylation is 1. The third-order valence-corrected chi connectivity index (χ3v) is 9.42. The van der Waals surface area contributed by atoms with Crippen LogP contribution in [0.3, 0.4) is 0 Å². The number of fused-ring (bicyclic) bond motifs is 3. The van der Waals surface area contributed by atoms with Crippen LogP contribution < -0.4 is 0 Å². The summed E-state index contributed by atoms with van der Waals surface area (Å²) in [5, 5.41) is 15.1. The van der Waals surface area contributed by atoms with Gasteiger partial charge in [-0.15, -0.1) is 5.10 Å². The van der Waals surface area contributed by atoms with Gasteiger partial charge in [-0.25, -0.2) is 9.97 Å². The lowest BCUT2D eigenvalue weighted by Crippen LogP contribution is -2.29. The van der Waals surface area contributed by atoms with Crippen LogP contribution in [-0.2, 0) is 23.7 Å². The summed E-state index contributed by atoms with van der Waals surface area (Å²) in [6.45, 7) is 16.0. The maximum Gasteiger partial charge on any atom is 0.167 e. The maximum atomic E-state index is 9.40. The molecule has 0 saturated heterocycles. The third kappa shape index (κ3) is 17.3. The molecule has 2 aromatic heterocycles. The van der Waals surface area contributed by atoms with Crippen molar-refractivity contribution in [3.63, 3.8) is 0 Å². The summed E-state index contributed by atoms with van der Waals surface area (Å²) in [6.07, 6.45) is 18.4. The maximum absolute atomic E-state index is 9.40. The number of benzene rings is 1. The van der Waals surface area contributed by atoms with Gasteiger partial charge in [0.2, 0.25) is 0 Å². The molecule has 1 aromatic carbocycles. The van der Waals surface area contributed by atoms with Crippen LogP contribution in [0.25, 0.3) is 16.6 Å². The predicted octanol–water partition coefficient (Wildman–Crippen LogP) is 9.52. The van der Waals surface area contributed by atoms with Crippen molar-refractivity contribution >= 4 is 16.6 Å². The number of aliphatic hydroxyl groups is 1. The number of aliphatic hydroxyl groups excluding tert-OH is 1. The third-order valence-electron chi connectivity index (χ3n) is 9.42. The largest absolute Gasteiger partial charge is 0.391 e. The van der Waals surface area contributed by atoms with Gasteiger partial charge in [0.25, 0.3) is 0 Å². The lowest BCUT2D eigenvalue weighted by Gasteiger charge is -2.23. The Labute approximate surface area is 314 Å². The summed E-state index contributed by atoms with van der Waals surface area (Å²) in [4.78, 5) is 9.84. The summed E-state index contributed by atoms with van der Waals surface area (Å²) in [7, 11) is 0. The molecule has 0 bridgehead atoms. The average Bonchev–Trinajstić information content (AvgIpc) is 3.54. The normalized spacial score (nSPS) is 15.6. The lowest BCUT2D eigenvalue weighted by atomic mass is 10.0. The minimum absolute atomic E-state index is 0.0804. The van der Waals surface area contributed by atoms with Crippen LogP contribution in [0.15, 0.2) is 24.3 Å². The van der Waals surface area contributed by atoms with Crippen LogP contribution in [0, 0.1) is 6.92 Å². The van der Waals surface area contributed by atoms with Gasteiger partial charge in [0.15, 0.2) is 11.5 Å². The molecule has 10 nitrogen and oxygen atoms in total. The van der Waals surface area contributed by atoms with Crippen molar-refractivity contribution in [3.05, 3.63) is 35.9 Å². The van der Waals surface area contributed by atoms with Gasteiger partial charge in [-0.3, -0.25) is 0 Å².